The predicted molar refractivity (Wildman–Crippen MR) is 65.7 cm³/mol. The summed E-state index contributed by atoms with van der Waals surface area (Å²) < 4.78 is 24.2. The predicted octanol–water partition coefficient (Wildman–Crippen LogP) is -10.5. The van der Waals surface area contributed by atoms with Crippen LogP contribution in [0.3, 0.4) is 0 Å². The molecule has 0 bridgehead atoms. The van der Waals surface area contributed by atoms with Crippen molar-refractivity contribution in [2.75, 3.05) is 0 Å². The van der Waals surface area contributed by atoms with Gasteiger partial charge in [0.05, 0.1) is 37.1 Å². The summed E-state index contributed by atoms with van der Waals surface area (Å²) in [6, 6.07) is -1.69. The Balaban J connectivity index is 0.00000156. The van der Waals surface area contributed by atoms with Crippen LogP contribution < -0.4 is 69.3 Å². The van der Waals surface area contributed by atoms with Crippen molar-refractivity contribution in [2.24, 2.45) is 0 Å². The number of amides is 1. The van der Waals surface area contributed by atoms with Gasteiger partial charge in [-0.15, -0.1) is 5.10 Å². The van der Waals surface area contributed by atoms with Crippen LogP contribution in [0.2, 0.25) is 0 Å². The van der Waals surface area contributed by atoms with Gasteiger partial charge in [0.15, 0.2) is 9.84 Å². The Kier molecular flexibility index (Phi) is 6.54. The van der Waals surface area contributed by atoms with E-state index < -0.39 is 56.1 Å². The number of aromatic nitrogens is 3. The topological polar surface area (TPSA) is 165 Å². The van der Waals surface area contributed by atoms with Gasteiger partial charge in [0.1, 0.15) is 15.8 Å². The number of aromatic carboxylic acids is 1. The number of nitrogens with zero attached hydrogens (tertiary/aromatic N) is 4. The van der Waals surface area contributed by atoms with Crippen molar-refractivity contribution in [2.45, 2.75) is 36.1 Å². The molecule has 0 N–H and O–H groups in total. The second-order valence-corrected chi connectivity index (χ2v) is 8.19. The van der Waals surface area contributed by atoms with Crippen LogP contribution in [0.4, 0.5) is 0 Å². The van der Waals surface area contributed by atoms with Gasteiger partial charge in [0.25, 0.3) is 0 Å². The fourth-order valence-corrected chi connectivity index (χ4v) is 5.42. The first kappa shape index (κ1) is 22.5. The van der Waals surface area contributed by atoms with E-state index in [2.05, 4.69) is 10.3 Å². The number of hydrogen-bond donors (Lipinski definition) is 0. The van der Waals surface area contributed by atoms with Crippen LogP contribution in [0.5, 0.6) is 0 Å². The first-order valence-electron chi connectivity index (χ1n) is 6.46. The minimum Gasteiger partial charge on any atom is -0.548 e. The van der Waals surface area contributed by atoms with E-state index in [4.69, 9.17) is 0 Å². The van der Waals surface area contributed by atoms with Crippen LogP contribution in [-0.2, 0) is 26.0 Å². The van der Waals surface area contributed by atoms with E-state index >= 15 is 0 Å². The summed E-state index contributed by atoms with van der Waals surface area (Å²) in [5, 5.41) is 27.6. The normalized spacial score (nSPS) is 29.0. The van der Waals surface area contributed by atoms with E-state index in [1.807, 2.05) is 0 Å². The number of β-lactam (4-membered cyclic amide) rings is 1. The van der Waals surface area contributed by atoms with Crippen molar-refractivity contribution in [3.05, 3.63) is 11.9 Å². The van der Waals surface area contributed by atoms with Gasteiger partial charge < -0.3 is 24.7 Å². The molecule has 11 nitrogen and oxygen atoms in total. The average molecular weight is 388 g/mol. The maximum Gasteiger partial charge on any atom is 1.00 e. The van der Waals surface area contributed by atoms with Crippen molar-refractivity contribution in [3.8, 4) is 0 Å². The zero-order valence-corrected chi connectivity index (χ0v) is 18.5. The fourth-order valence-electron chi connectivity index (χ4n) is 3.06. The largest absolute Gasteiger partial charge is 1.00 e. The molecule has 0 spiro atoms. The molecule has 25 heavy (non-hydrogen) atoms. The summed E-state index contributed by atoms with van der Waals surface area (Å²) in [7, 11) is -4.03. The van der Waals surface area contributed by atoms with E-state index in [9.17, 15) is 33.0 Å². The monoisotopic (exact) mass is 388 g/mol. The molecule has 124 valence electrons. The summed E-state index contributed by atoms with van der Waals surface area (Å²) in [4.78, 5) is 34.5. The van der Waals surface area contributed by atoms with E-state index in [0.717, 1.165) is 22.7 Å². The second-order valence-electron chi connectivity index (χ2n) is 5.63. The quantitative estimate of drug-likeness (QED) is 0.359. The molecule has 0 radical (unpaired) electrons. The Bertz CT molecular complexity index is 841. The van der Waals surface area contributed by atoms with E-state index in [1.165, 1.54) is 0 Å². The smallest absolute Gasteiger partial charge is 0.548 e. The summed E-state index contributed by atoms with van der Waals surface area (Å²) in [5.41, 5.74) is -0.520. The number of hydrogen-bond acceptors (Lipinski definition) is 9. The molecule has 3 atom stereocenters. The Labute approximate surface area is 186 Å². The molecule has 14 heteroatoms. The molecule has 2 saturated heterocycles. The summed E-state index contributed by atoms with van der Waals surface area (Å²) >= 11 is 0. The number of aliphatic carboxylic acids is 1. The van der Waals surface area contributed by atoms with Gasteiger partial charge in [-0.25, -0.2) is 8.42 Å². The van der Waals surface area contributed by atoms with Gasteiger partial charge in [0, 0.05) is 0 Å². The van der Waals surface area contributed by atoms with Crippen LogP contribution in [-0.4, -0.2) is 62.3 Å². The van der Waals surface area contributed by atoms with Crippen molar-refractivity contribution < 1.29 is 92.1 Å². The maximum absolute atomic E-state index is 12.6. The molecule has 0 saturated carbocycles. The molecule has 3 rings (SSSR count). The van der Waals surface area contributed by atoms with Crippen molar-refractivity contribution >= 4 is 27.7 Å². The summed E-state index contributed by atoms with van der Waals surface area (Å²) in [5.74, 6) is -3.90. The fraction of sp³-hybridized carbons (Fsp3) is 0.545. The molecule has 2 aliphatic rings. The van der Waals surface area contributed by atoms with Gasteiger partial charge in [-0.3, -0.25) is 9.48 Å². The number of sulfone groups is 1. The van der Waals surface area contributed by atoms with Crippen molar-refractivity contribution in [3.63, 3.8) is 0 Å². The molecular formula is C11H10N4Na2O7S. The molecule has 0 aliphatic carbocycles. The Hall–Kier alpha value is -0.500. The summed E-state index contributed by atoms with van der Waals surface area (Å²) in [6.45, 7) is 0.670. The number of carbonyl (C=O) groups excluding carboxylic acids is 3. The van der Waals surface area contributed by atoms with Crippen LogP contribution in [0.15, 0.2) is 6.20 Å². The zero-order valence-electron chi connectivity index (χ0n) is 13.7. The van der Waals surface area contributed by atoms with Gasteiger partial charge in [-0.2, -0.15) is 0 Å². The number of carboxylic acids is 2. The Morgan fingerprint density at radius 1 is 1.36 bits per heavy atom. The van der Waals surface area contributed by atoms with Gasteiger partial charge in [-0.1, -0.05) is 5.21 Å². The van der Waals surface area contributed by atoms with Crippen LogP contribution >= 0.6 is 0 Å². The SMILES string of the molecule is C[C@]1(Cn2cc(C(=O)[O-])nn2)[C@H](C(=O)[O-])N2C(=O)C[C@@H]2S1(=O)=O.[Na+].[Na+]. The van der Waals surface area contributed by atoms with E-state index in [-0.39, 0.29) is 65.5 Å². The number of carbonyl (C=O) groups is 3. The van der Waals surface area contributed by atoms with E-state index in [1.54, 1.807) is 0 Å². The number of fused-ring (bicyclic) bond motifs is 1. The zero-order chi connectivity index (χ0) is 17.2. The van der Waals surface area contributed by atoms with Crippen molar-refractivity contribution in [1.82, 2.24) is 19.9 Å². The third kappa shape index (κ3) is 3.17. The Morgan fingerprint density at radius 2 is 1.96 bits per heavy atom. The van der Waals surface area contributed by atoms with Gasteiger partial charge >= 0.3 is 59.1 Å². The van der Waals surface area contributed by atoms with Crippen LogP contribution in [0.1, 0.15) is 23.8 Å². The number of rotatable bonds is 4. The number of carboxylic acid groups (broad SMARTS) is 2. The Morgan fingerprint density at radius 3 is 2.40 bits per heavy atom. The first-order valence-corrected chi connectivity index (χ1v) is 8.01. The standard InChI is InChI=1S/C11H12N4O7S.2Na/c1-11(4-14-3-5(9(17)18)12-13-14)8(10(19)20)15-6(16)2-7(15)23(11,21)22;;/h3,7-8H,2,4H2,1H3,(H,17,18)(H,19,20);;/q;2*+1/p-2/t7-,8-,11-;;/m0../s1. The molecule has 2 aliphatic heterocycles. The van der Waals surface area contributed by atoms with Gasteiger partial charge in [0.2, 0.25) is 5.91 Å². The molecule has 1 aromatic rings. The van der Waals surface area contributed by atoms with Gasteiger partial charge in [-0.05, 0) is 6.92 Å². The molecular weight excluding hydrogens is 378 g/mol. The maximum atomic E-state index is 12.6. The minimum atomic E-state index is -4.03. The average Bonchev–Trinajstić information content (AvgIpc) is 2.93. The molecule has 0 aromatic carbocycles. The molecule has 1 amide bonds. The first-order chi connectivity index (χ1) is 10.6. The molecule has 1 aromatic heterocycles. The van der Waals surface area contributed by atoms with Crippen LogP contribution in [0.25, 0.3) is 0 Å². The third-order valence-electron chi connectivity index (χ3n) is 4.26. The molecule has 3 heterocycles. The summed E-state index contributed by atoms with van der Waals surface area (Å²) in [6.07, 6.45) is 0.642. The van der Waals surface area contributed by atoms with E-state index in [0.29, 0.717) is 0 Å². The third-order valence-corrected chi connectivity index (χ3v) is 7.02. The minimum absolute atomic E-state index is 0. The molecule has 0 unspecified atom stereocenters. The second kappa shape index (κ2) is 7.25. The molecule has 2 fully saturated rings. The van der Waals surface area contributed by atoms with Crippen LogP contribution in [0, 0.1) is 0 Å². The van der Waals surface area contributed by atoms with Crippen molar-refractivity contribution in [1.29, 1.82) is 0 Å².